The number of carboxylic acid groups (broad SMARTS) is 1. The lowest BCUT2D eigenvalue weighted by atomic mass is 9.77. The van der Waals surface area contributed by atoms with Crippen molar-refractivity contribution in [2.45, 2.75) is 37.5 Å². The smallest absolute Gasteiger partial charge is 0.450 e. The first kappa shape index (κ1) is 30.7. The fourth-order valence-electron chi connectivity index (χ4n) is 5.58. The molecular weight excluding hydrogens is 574 g/mol. The third-order valence-electron chi connectivity index (χ3n) is 7.57. The molecule has 0 aliphatic rings. The van der Waals surface area contributed by atoms with Crippen LogP contribution in [0.5, 0.6) is 0 Å². The molecule has 1 aromatic heterocycles. The van der Waals surface area contributed by atoms with Crippen molar-refractivity contribution in [1.82, 2.24) is 14.3 Å². The molecule has 0 bridgehead atoms. The molecule has 0 aliphatic heterocycles. The fraction of sp³-hybridized carbons (Fsp3) is 0.200. The van der Waals surface area contributed by atoms with Gasteiger partial charge in [0.2, 0.25) is 10.0 Å². The van der Waals surface area contributed by atoms with Gasteiger partial charge in [-0.15, -0.1) is 0 Å². The lowest BCUT2D eigenvalue weighted by Crippen LogP contribution is -2.36. The van der Waals surface area contributed by atoms with E-state index in [4.69, 9.17) is 9.72 Å². The van der Waals surface area contributed by atoms with Crippen molar-refractivity contribution in [3.63, 3.8) is 0 Å². The van der Waals surface area contributed by atoms with Gasteiger partial charge in [0.15, 0.2) is 0 Å². The minimum Gasteiger partial charge on any atom is -0.450 e. The Labute approximate surface area is 258 Å². The Morgan fingerprint density at radius 3 is 1.82 bits per heavy atom. The average Bonchev–Trinajstić information content (AvgIpc) is 3.51. The molecule has 0 radical (unpaired) electrons. The van der Waals surface area contributed by atoms with E-state index in [9.17, 15) is 18.3 Å². The van der Waals surface area contributed by atoms with Crippen molar-refractivity contribution in [2.75, 3.05) is 5.75 Å². The number of rotatable bonds is 14. The van der Waals surface area contributed by atoms with E-state index in [2.05, 4.69) is 45.7 Å². The Morgan fingerprint density at radius 1 is 0.818 bits per heavy atom. The molecule has 0 fully saturated rings. The van der Waals surface area contributed by atoms with E-state index in [-0.39, 0.29) is 13.0 Å². The molecule has 5 aromatic rings. The lowest BCUT2D eigenvalue weighted by Gasteiger charge is -2.37. The van der Waals surface area contributed by atoms with E-state index in [1.807, 2.05) is 97.5 Å². The minimum absolute atomic E-state index is 0.117. The summed E-state index contributed by atoms with van der Waals surface area (Å²) in [5.41, 5.74) is 4.14. The average molecular weight is 610 g/mol. The Morgan fingerprint density at radius 2 is 1.32 bits per heavy atom. The molecule has 4 aromatic carbocycles. The number of benzene rings is 4. The molecule has 0 saturated heterocycles. The van der Waals surface area contributed by atoms with Gasteiger partial charge < -0.3 is 14.4 Å². The second kappa shape index (κ2) is 14.2. The molecule has 8 nitrogen and oxygen atoms in total. The molecule has 5 rings (SSSR count). The van der Waals surface area contributed by atoms with Gasteiger partial charge in [0.1, 0.15) is 17.4 Å². The van der Waals surface area contributed by atoms with Crippen LogP contribution in [-0.2, 0) is 33.3 Å². The molecule has 0 aliphatic carbocycles. The van der Waals surface area contributed by atoms with E-state index >= 15 is 0 Å². The van der Waals surface area contributed by atoms with Gasteiger partial charge in [-0.1, -0.05) is 121 Å². The standard InChI is InChI=1S/C35H35N3O5S/c39-34(40)43-33(26-44(41,42)37-24-28-14-5-1-6-15-28)23-13-22-32-25-38(27-36-32)35(29-16-7-2-8-17-29,30-18-9-3-10-19-30)31-20-11-4-12-21-31/h1-12,14-21,25,27,33,37H,13,22-24,26H2,(H,39,40). The van der Waals surface area contributed by atoms with Crippen LogP contribution in [0, 0.1) is 0 Å². The Balaban J connectivity index is 1.35. The highest BCUT2D eigenvalue weighted by Crippen LogP contribution is 2.40. The number of ether oxygens (including phenoxy) is 1. The number of sulfonamides is 1. The Bertz CT molecular complexity index is 1630. The summed E-state index contributed by atoms with van der Waals surface area (Å²) in [7, 11) is -3.78. The summed E-state index contributed by atoms with van der Waals surface area (Å²) < 4.78 is 35.1. The summed E-state index contributed by atoms with van der Waals surface area (Å²) in [6.07, 6.45) is 2.54. The SMILES string of the molecule is O=C(O)OC(CCCc1cn(C(c2ccccc2)(c2ccccc2)c2ccccc2)cn1)CS(=O)(=O)NCc1ccccc1. The molecule has 0 saturated carbocycles. The summed E-state index contributed by atoms with van der Waals surface area (Å²) >= 11 is 0. The highest BCUT2D eigenvalue weighted by molar-refractivity contribution is 7.89. The predicted octanol–water partition coefficient (Wildman–Crippen LogP) is 6.23. The maximum atomic E-state index is 12.7. The van der Waals surface area contributed by atoms with Gasteiger partial charge in [0, 0.05) is 12.7 Å². The van der Waals surface area contributed by atoms with E-state index in [0.29, 0.717) is 12.8 Å². The number of hydrogen-bond acceptors (Lipinski definition) is 5. The zero-order valence-corrected chi connectivity index (χ0v) is 25.0. The van der Waals surface area contributed by atoms with Gasteiger partial charge in [0.05, 0.1) is 12.0 Å². The summed E-state index contributed by atoms with van der Waals surface area (Å²) in [5, 5.41) is 9.27. The number of imidazole rings is 1. The van der Waals surface area contributed by atoms with Crippen LogP contribution in [0.4, 0.5) is 4.79 Å². The van der Waals surface area contributed by atoms with E-state index in [1.54, 1.807) is 0 Å². The van der Waals surface area contributed by atoms with Crippen LogP contribution in [0.1, 0.15) is 40.8 Å². The van der Waals surface area contributed by atoms with Crippen molar-refractivity contribution in [3.8, 4) is 0 Å². The predicted molar refractivity (Wildman–Crippen MR) is 170 cm³/mol. The fourth-order valence-corrected chi connectivity index (χ4v) is 6.81. The van der Waals surface area contributed by atoms with Gasteiger partial charge in [-0.2, -0.15) is 0 Å². The van der Waals surface area contributed by atoms with Crippen LogP contribution >= 0.6 is 0 Å². The van der Waals surface area contributed by atoms with Crippen molar-refractivity contribution in [2.24, 2.45) is 0 Å². The molecule has 1 atom stereocenters. The monoisotopic (exact) mass is 609 g/mol. The molecule has 44 heavy (non-hydrogen) atoms. The first-order valence-corrected chi connectivity index (χ1v) is 16.1. The molecule has 1 heterocycles. The summed E-state index contributed by atoms with van der Waals surface area (Å²) in [6.45, 7) is 0.117. The van der Waals surface area contributed by atoms with Gasteiger partial charge in [-0.05, 0) is 41.5 Å². The quantitative estimate of drug-likeness (QED) is 0.114. The number of nitrogens with zero attached hydrogens (tertiary/aromatic N) is 2. The first-order valence-electron chi connectivity index (χ1n) is 14.5. The van der Waals surface area contributed by atoms with Crippen LogP contribution in [0.25, 0.3) is 0 Å². The van der Waals surface area contributed by atoms with Crippen LogP contribution in [0.3, 0.4) is 0 Å². The highest BCUT2D eigenvalue weighted by Gasteiger charge is 2.38. The van der Waals surface area contributed by atoms with Crippen molar-refractivity contribution in [3.05, 3.63) is 162 Å². The Kier molecular flexibility index (Phi) is 9.89. The molecule has 0 amide bonds. The van der Waals surface area contributed by atoms with Crippen LogP contribution in [0.15, 0.2) is 134 Å². The van der Waals surface area contributed by atoms with Crippen LogP contribution in [-0.4, -0.2) is 41.1 Å². The number of aromatic nitrogens is 2. The van der Waals surface area contributed by atoms with E-state index in [1.165, 1.54) is 0 Å². The highest BCUT2D eigenvalue weighted by atomic mass is 32.2. The Hall–Kier alpha value is -4.73. The maximum absolute atomic E-state index is 12.7. The van der Waals surface area contributed by atoms with Crippen molar-refractivity contribution in [1.29, 1.82) is 0 Å². The third kappa shape index (κ3) is 7.42. The molecule has 0 spiro atoms. The summed E-state index contributed by atoms with van der Waals surface area (Å²) in [5.74, 6) is -0.459. The number of nitrogens with one attached hydrogen (secondary N) is 1. The minimum atomic E-state index is -3.78. The molecule has 9 heteroatoms. The zero-order valence-electron chi connectivity index (χ0n) is 24.2. The number of hydrogen-bond donors (Lipinski definition) is 2. The van der Waals surface area contributed by atoms with Gasteiger partial charge in [-0.3, -0.25) is 0 Å². The van der Waals surface area contributed by atoms with E-state index in [0.717, 1.165) is 27.9 Å². The van der Waals surface area contributed by atoms with Gasteiger partial charge in [-0.25, -0.2) is 22.9 Å². The lowest BCUT2D eigenvalue weighted by molar-refractivity contribution is 0.0562. The van der Waals surface area contributed by atoms with E-state index < -0.39 is 33.6 Å². The molecule has 226 valence electrons. The third-order valence-corrected chi connectivity index (χ3v) is 8.96. The second-order valence-corrected chi connectivity index (χ2v) is 12.4. The topological polar surface area (TPSA) is 111 Å². The molecule has 1 unspecified atom stereocenters. The largest absolute Gasteiger partial charge is 0.506 e. The second-order valence-electron chi connectivity index (χ2n) is 10.6. The maximum Gasteiger partial charge on any atom is 0.506 e. The van der Waals surface area contributed by atoms with Crippen LogP contribution < -0.4 is 4.72 Å². The van der Waals surface area contributed by atoms with Crippen LogP contribution in [0.2, 0.25) is 0 Å². The number of carbonyl (C=O) groups is 1. The molecular formula is C35H35N3O5S. The first-order chi connectivity index (χ1) is 21.4. The van der Waals surface area contributed by atoms with Crippen molar-refractivity contribution < 1.29 is 23.1 Å². The van der Waals surface area contributed by atoms with Gasteiger partial charge in [0.25, 0.3) is 0 Å². The summed E-state index contributed by atoms with van der Waals surface area (Å²) in [6, 6.07) is 39.9. The normalized spacial score (nSPS) is 12.5. The van der Waals surface area contributed by atoms with Gasteiger partial charge >= 0.3 is 6.16 Å². The molecule has 2 N–H and O–H groups in total. The van der Waals surface area contributed by atoms with Crippen molar-refractivity contribution >= 4 is 16.2 Å². The zero-order chi connectivity index (χ0) is 30.8. The summed E-state index contributed by atoms with van der Waals surface area (Å²) in [4.78, 5) is 16.1. The number of aryl methyl sites for hydroxylation is 1.